The van der Waals surface area contributed by atoms with E-state index in [0.717, 1.165) is 17.5 Å². The van der Waals surface area contributed by atoms with E-state index < -0.39 is 0 Å². The zero-order valence-electron chi connectivity index (χ0n) is 12.6. The number of phenolic OH excluding ortho intramolecular Hbond substituents is 1. The van der Waals surface area contributed by atoms with E-state index in [1.165, 1.54) is 5.56 Å². The summed E-state index contributed by atoms with van der Waals surface area (Å²) in [5.41, 5.74) is 3.34. The molecule has 1 atom stereocenters. The van der Waals surface area contributed by atoms with Crippen molar-refractivity contribution in [3.63, 3.8) is 0 Å². The predicted octanol–water partition coefficient (Wildman–Crippen LogP) is 5.43. The fourth-order valence-corrected chi connectivity index (χ4v) is 2.25. The Kier molecular flexibility index (Phi) is 6.58. The molecule has 0 radical (unpaired) electrons. The molecule has 0 bridgehead atoms. The van der Waals surface area contributed by atoms with Crippen LogP contribution in [-0.2, 0) is 0 Å². The van der Waals surface area contributed by atoms with E-state index in [9.17, 15) is 5.11 Å². The van der Waals surface area contributed by atoms with Gasteiger partial charge in [-0.1, -0.05) is 68.0 Å². The van der Waals surface area contributed by atoms with Crippen LogP contribution in [0.15, 0.2) is 61.2 Å². The summed E-state index contributed by atoms with van der Waals surface area (Å²) in [6, 6.07) is 16.0. The summed E-state index contributed by atoms with van der Waals surface area (Å²) in [5, 5.41) is 10.1. The maximum atomic E-state index is 10.1. The first kappa shape index (κ1) is 16.0. The largest absolute Gasteiger partial charge is 0.508 e. The van der Waals surface area contributed by atoms with Crippen LogP contribution in [0, 0.1) is 6.92 Å². The van der Waals surface area contributed by atoms with E-state index in [0.29, 0.717) is 5.75 Å². The van der Waals surface area contributed by atoms with Crippen molar-refractivity contribution in [3.8, 4) is 5.75 Å². The van der Waals surface area contributed by atoms with E-state index in [1.54, 1.807) is 6.07 Å². The summed E-state index contributed by atoms with van der Waals surface area (Å²) in [6.07, 6.45) is 2.72. The first-order valence-corrected chi connectivity index (χ1v) is 7.17. The third-order valence-electron chi connectivity index (χ3n) is 3.16. The molecule has 1 heteroatoms. The minimum atomic E-state index is 0.170. The van der Waals surface area contributed by atoms with E-state index in [2.05, 4.69) is 24.8 Å². The Hall–Kier alpha value is -2.02. The van der Waals surface area contributed by atoms with Crippen LogP contribution in [0.25, 0.3) is 0 Å². The Morgan fingerprint density at radius 3 is 2.35 bits per heavy atom. The molecule has 106 valence electrons. The topological polar surface area (TPSA) is 20.2 Å². The van der Waals surface area contributed by atoms with Crippen LogP contribution in [0.3, 0.4) is 0 Å². The number of allylic oxidation sites excluding steroid dienone is 1. The van der Waals surface area contributed by atoms with Crippen LogP contribution >= 0.6 is 0 Å². The van der Waals surface area contributed by atoms with Crippen molar-refractivity contribution in [1.82, 2.24) is 0 Å². The van der Waals surface area contributed by atoms with Crippen LogP contribution in [0.1, 0.15) is 42.9 Å². The predicted molar refractivity (Wildman–Crippen MR) is 87.3 cm³/mol. The summed E-state index contributed by atoms with van der Waals surface area (Å²) in [4.78, 5) is 0. The molecular weight excluding hydrogens is 244 g/mol. The van der Waals surface area contributed by atoms with Crippen LogP contribution < -0.4 is 0 Å². The lowest BCUT2D eigenvalue weighted by Gasteiger charge is -2.18. The first-order chi connectivity index (χ1) is 9.72. The molecule has 1 unspecified atom stereocenters. The Bertz CT molecular complexity index is 529. The molecule has 0 saturated heterocycles. The van der Waals surface area contributed by atoms with Gasteiger partial charge in [-0.3, -0.25) is 0 Å². The number of hydrogen-bond acceptors (Lipinski definition) is 1. The highest BCUT2D eigenvalue weighted by Crippen LogP contribution is 2.34. The van der Waals surface area contributed by atoms with Crippen LogP contribution in [-0.4, -0.2) is 5.11 Å². The number of benzene rings is 2. The van der Waals surface area contributed by atoms with Crippen molar-refractivity contribution in [1.29, 1.82) is 0 Å². The second kappa shape index (κ2) is 8.21. The van der Waals surface area contributed by atoms with Gasteiger partial charge in [0.15, 0.2) is 0 Å². The lowest BCUT2D eigenvalue weighted by Crippen LogP contribution is -2.00. The molecule has 0 heterocycles. The molecular formula is C19H24O. The second-order valence-electron chi connectivity index (χ2n) is 4.55. The lowest BCUT2D eigenvalue weighted by atomic mass is 9.87. The molecule has 0 spiro atoms. The van der Waals surface area contributed by atoms with Crippen molar-refractivity contribution in [2.45, 2.75) is 33.1 Å². The summed E-state index contributed by atoms with van der Waals surface area (Å²) in [5.74, 6) is 0.528. The molecule has 0 fully saturated rings. The average molecular weight is 268 g/mol. The molecule has 0 aromatic heterocycles. The van der Waals surface area contributed by atoms with Crippen molar-refractivity contribution < 1.29 is 5.11 Å². The SMILES string of the molecule is C=CCC(c1ccccc1)c1cc(C)ccc1O.CC. The summed E-state index contributed by atoms with van der Waals surface area (Å²) in [6.45, 7) is 9.86. The smallest absolute Gasteiger partial charge is 0.119 e. The summed E-state index contributed by atoms with van der Waals surface area (Å²) >= 11 is 0. The van der Waals surface area contributed by atoms with E-state index in [-0.39, 0.29) is 5.92 Å². The fourth-order valence-electron chi connectivity index (χ4n) is 2.25. The van der Waals surface area contributed by atoms with Crippen molar-refractivity contribution in [3.05, 3.63) is 77.9 Å². The van der Waals surface area contributed by atoms with E-state index >= 15 is 0 Å². The second-order valence-corrected chi connectivity index (χ2v) is 4.55. The molecule has 1 nitrogen and oxygen atoms in total. The van der Waals surface area contributed by atoms with Gasteiger partial charge in [-0.05, 0) is 25.0 Å². The Morgan fingerprint density at radius 2 is 1.75 bits per heavy atom. The third kappa shape index (κ3) is 3.99. The average Bonchev–Trinajstić information content (AvgIpc) is 2.50. The van der Waals surface area contributed by atoms with Gasteiger partial charge in [0, 0.05) is 11.5 Å². The van der Waals surface area contributed by atoms with Gasteiger partial charge in [-0.25, -0.2) is 0 Å². The van der Waals surface area contributed by atoms with Gasteiger partial charge in [0.2, 0.25) is 0 Å². The minimum absolute atomic E-state index is 0.170. The fraction of sp³-hybridized carbons (Fsp3) is 0.263. The maximum Gasteiger partial charge on any atom is 0.119 e. The zero-order valence-corrected chi connectivity index (χ0v) is 12.6. The summed E-state index contributed by atoms with van der Waals surface area (Å²) in [7, 11) is 0. The Morgan fingerprint density at radius 1 is 1.10 bits per heavy atom. The highest BCUT2D eigenvalue weighted by molar-refractivity contribution is 5.43. The highest BCUT2D eigenvalue weighted by Gasteiger charge is 2.16. The lowest BCUT2D eigenvalue weighted by molar-refractivity contribution is 0.464. The van der Waals surface area contributed by atoms with Gasteiger partial charge in [-0.2, -0.15) is 0 Å². The number of hydrogen-bond donors (Lipinski definition) is 1. The minimum Gasteiger partial charge on any atom is -0.508 e. The molecule has 0 aliphatic heterocycles. The number of phenols is 1. The third-order valence-corrected chi connectivity index (χ3v) is 3.16. The van der Waals surface area contributed by atoms with Gasteiger partial charge >= 0.3 is 0 Å². The van der Waals surface area contributed by atoms with Crippen LogP contribution in [0.4, 0.5) is 0 Å². The highest BCUT2D eigenvalue weighted by atomic mass is 16.3. The van der Waals surface area contributed by atoms with E-state index in [4.69, 9.17) is 0 Å². The van der Waals surface area contributed by atoms with Gasteiger partial charge < -0.3 is 5.11 Å². The van der Waals surface area contributed by atoms with Gasteiger partial charge in [0.25, 0.3) is 0 Å². The molecule has 0 aliphatic carbocycles. The van der Waals surface area contributed by atoms with Crippen LogP contribution in [0.5, 0.6) is 5.75 Å². The zero-order chi connectivity index (χ0) is 15.0. The number of rotatable bonds is 4. The molecule has 2 aromatic rings. The molecule has 0 amide bonds. The molecule has 2 aromatic carbocycles. The quantitative estimate of drug-likeness (QED) is 0.732. The molecule has 0 saturated carbocycles. The monoisotopic (exact) mass is 268 g/mol. The maximum absolute atomic E-state index is 10.1. The normalized spacial score (nSPS) is 11.2. The Labute approximate surface area is 122 Å². The van der Waals surface area contributed by atoms with E-state index in [1.807, 2.05) is 51.1 Å². The molecule has 1 N–H and O–H groups in total. The molecule has 2 rings (SSSR count). The molecule has 0 aliphatic rings. The Balaban J connectivity index is 0.000000956. The summed E-state index contributed by atoms with van der Waals surface area (Å²) < 4.78 is 0. The van der Waals surface area contributed by atoms with Crippen LogP contribution in [0.2, 0.25) is 0 Å². The van der Waals surface area contributed by atoms with Gasteiger partial charge in [0.1, 0.15) is 5.75 Å². The van der Waals surface area contributed by atoms with Crippen molar-refractivity contribution >= 4 is 0 Å². The van der Waals surface area contributed by atoms with Gasteiger partial charge in [-0.15, -0.1) is 6.58 Å². The van der Waals surface area contributed by atoms with Crippen molar-refractivity contribution in [2.24, 2.45) is 0 Å². The first-order valence-electron chi connectivity index (χ1n) is 7.17. The molecule has 20 heavy (non-hydrogen) atoms. The number of aryl methyl sites for hydroxylation is 1. The van der Waals surface area contributed by atoms with Gasteiger partial charge in [0.05, 0.1) is 0 Å². The van der Waals surface area contributed by atoms with Crippen molar-refractivity contribution in [2.75, 3.05) is 0 Å². The standard InChI is InChI=1S/C17H18O.C2H6/c1-3-7-15(14-8-5-4-6-9-14)16-12-13(2)10-11-17(16)18;1-2/h3-6,8-12,15,18H,1,7H2,2H3;1-2H3. The number of aromatic hydroxyl groups is 1.